The fourth-order valence-corrected chi connectivity index (χ4v) is 2.49. The largest absolute Gasteiger partial charge is 0.491 e. The molecule has 4 heteroatoms. The maximum atomic E-state index is 5.99. The molecule has 0 aliphatic rings. The molecule has 2 aromatic rings. The van der Waals surface area contributed by atoms with Crippen LogP contribution in [0.1, 0.15) is 4.88 Å². The molecule has 2 nitrogen and oxygen atoms in total. The van der Waals surface area contributed by atoms with Crippen molar-refractivity contribution in [2.75, 3.05) is 19.7 Å². The summed E-state index contributed by atoms with van der Waals surface area (Å²) in [7, 11) is 0. The summed E-state index contributed by atoms with van der Waals surface area (Å²) in [6, 6.07) is 11.8. The zero-order valence-electron chi connectivity index (χ0n) is 10.1. The first-order chi connectivity index (χ1) is 8.86. The molecule has 1 aromatic carbocycles. The molecule has 0 aliphatic carbocycles. The third kappa shape index (κ3) is 4.33. The van der Waals surface area contributed by atoms with E-state index in [1.54, 1.807) is 11.3 Å². The molecular weight excluding hydrogens is 266 g/mol. The first-order valence-electron chi connectivity index (χ1n) is 5.96. The standard InChI is InChI=1S/C14H16ClNOS/c15-13-5-1-2-6-14(13)17-10-9-16-8-7-12-4-3-11-18-12/h1-6,11,16H,7-10H2. The Kier molecular flexibility index (Phi) is 5.52. The average molecular weight is 282 g/mol. The number of halogens is 1. The first-order valence-corrected chi connectivity index (χ1v) is 7.22. The van der Waals surface area contributed by atoms with Gasteiger partial charge in [0, 0.05) is 18.0 Å². The lowest BCUT2D eigenvalue weighted by Gasteiger charge is -2.08. The summed E-state index contributed by atoms with van der Waals surface area (Å²) in [4.78, 5) is 1.41. The molecule has 0 aliphatic heterocycles. The molecule has 0 unspecified atom stereocenters. The molecule has 1 aromatic heterocycles. The average Bonchev–Trinajstić information content (AvgIpc) is 2.89. The van der Waals surface area contributed by atoms with Crippen molar-refractivity contribution >= 4 is 22.9 Å². The van der Waals surface area contributed by atoms with Crippen LogP contribution in [0.4, 0.5) is 0 Å². The van der Waals surface area contributed by atoms with Crippen LogP contribution in [0.15, 0.2) is 41.8 Å². The molecule has 1 N–H and O–H groups in total. The van der Waals surface area contributed by atoms with Crippen LogP contribution in [0, 0.1) is 0 Å². The Morgan fingerprint density at radius 3 is 2.78 bits per heavy atom. The summed E-state index contributed by atoms with van der Waals surface area (Å²) < 4.78 is 5.58. The van der Waals surface area contributed by atoms with Gasteiger partial charge in [-0.05, 0) is 30.0 Å². The van der Waals surface area contributed by atoms with Crippen molar-refractivity contribution in [2.45, 2.75) is 6.42 Å². The van der Waals surface area contributed by atoms with E-state index in [0.29, 0.717) is 11.6 Å². The normalized spacial score (nSPS) is 10.5. The van der Waals surface area contributed by atoms with Crippen LogP contribution in [-0.2, 0) is 6.42 Å². The molecule has 2 rings (SSSR count). The summed E-state index contributed by atoms with van der Waals surface area (Å²) in [6.07, 6.45) is 1.07. The lowest BCUT2D eigenvalue weighted by atomic mass is 10.3. The van der Waals surface area contributed by atoms with Crippen molar-refractivity contribution in [1.29, 1.82) is 0 Å². The maximum Gasteiger partial charge on any atom is 0.137 e. The number of para-hydroxylation sites is 1. The van der Waals surface area contributed by atoms with E-state index in [0.717, 1.165) is 25.3 Å². The Morgan fingerprint density at radius 2 is 2.00 bits per heavy atom. The number of nitrogens with one attached hydrogen (secondary N) is 1. The Morgan fingerprint density at radius 1 is 1.11 bits per heavy atom. The smallest absolute Gasteiger partial charge is 0.137 e. The summed E-state index contributed by atoms with van der Waals surface area (Å²) in [5.41, 5.74) is 0. The number of ether oxygens (including phenoxy) is 1. The van der Waals surface area contributed by atoms with E-state index in [-0.39, 0.29) is 0 Å². The fraction of sp³-hybridized carbons (Fsp3) is 0.286. The number of thiophene rings is 1. The second-order valence-electron chi connectivity index (χ2n) is 3.86. The molecule has 1 heterocycles. The summed E-state index contributed by atoms with van der Waals surface area (Å²) in [5, 5.41) is 6.12. The minimum atomic E-state index is 0.633. The van der Waals surface area contributed by atoms with Gasteiger partial charge in [0.15, 0.2) is 0 Å². The van der Waals surface area contributed by atoms with E-state index < -0.39 is 0 Å². The monoisotopic (exact) mass is 281 g/mol. The van der Waals surface area contributed by atoms with Crippen molar-refractivity contribution in [3.8, 4) is 5.75 Å². The minimum Gasteiger partial charge on any atom is -0.491 e. The van der Waals surface area contributed by atoms with E-state index in [1.165, 1.54) is 4.88 Å². The molecular formula is C14H16ClNOS. The lowest BCUT2D eigenvalue weighted by Crippen LogP contribution is -2.23. The van der Waals surface area contributed by atoms with E-state index in [2.05, 4.69) is 22.8 Å². The Labute approximate surface area is 117 Å². The van der Waals surface area contributed by atoms with Crippen LogP contribution in [0.5, 0.6) is 5.75 Å². The van der Waals surface area contributed by atoms with Gasteiger partial charge in [-0.25, -0.2) is 0 Å². The predicted octanol–water partition coefficient (Wildman–Crippen LogP) is 3.61. The highest BCUT2D eigenvalue weighted by atomic mass is 35.5. The fourth-order valence-electron chi connectivity index (χ4n) is 1.59. The minimum absolute atomic E-state index is 0.633. The molecule has 0 fully saturated rings. The van der Waals surface area contributed by atoms with Crippen LogP contribution in [0.2, 0.25) is 5.02 Å². The second kappa shape index (κ2) is 7.41. The van der Waals surface area contributed by atoms with Gasteiger partial charge in [0.05, 0.1) is 5.02 Å². The summed E-state index contributed by atoms with van der Waals surface area (Å²) in [6.45, 7) is 2.44. The second-order valence-corrected chi connectivity index (χ2v) is 5.30. The highest BCUT2D eigenvalue weighted by molar-refractivity contribution is 7.09. The van der Waals surface area contributed by atoms with Gasteiger partial charge in [-0.15, -0.1) is 11.3 Å². The predicted molar refractivity (Wildman–Crippen MR) is 77.8 cm³/mol. The van der Waals surface area contributed by atoms with Gasteiger partial charge in [-0.3, -0.25) is 0 Å². The van der Waals surface area contributed by atoms with Gasteiger partial charge in [0.25, 0.3) is 0 Å². The third-order valence-corrected chi connectivity index (χ3v) is 3.75. The van der Waals surface area contributed by atoms with Gasteiger partial charge < -0.3 is 10.1 Å². The highest BCUT2D eigenvalue weighted by Crippen LogP contribution is 2.22. The molecule has 0 saturated heterocycles. The van der Waals surface area contributed by atoms with Gasteiger partial charge in [0.1, 0.15) is 12.4 Å². The van der Waals surface area contributed by atoms with Crippen LogP contribution in [0.3, 0.4) is 0 Å². The van der Waals surface area contributed by atoms with Crippen molar-refractivity contribution in [3.05, 3.63) is 51.7 Å². The molecule has 0 spiro atoms. The van der Waals surface area contributed by atoms with E-state index >= 15 is 0 Å². The maximum absolute atomic E-state index is 5.99. The van der Waals surface area contributed by atoms with E-state index in [9.17, 15) is 0 Å². The van der Waals surface area contributed by atoms with Gasteiger partial charge >= 0.3 is 0 Å². The molecule has 0 saturated carbocycles. The zero-order valence-corrected chi connectivity index (χ0v) is 11.6. The van der Waals surface area contributed by atoms with E-state index in [4.69, 9.17) is 16.3 Å². The van der Waals surface area contributed by atoms with Crippen molar-refractivity contribution in [3.63, 3.8) is 0 Å². The summed E-state index contributed by atoms with van der Waals surface area (Å²) in [5.74, 6) is 0.749. The van der Waals surface area contributed by atoms with Gasteiger partial charge in [-0.1, -0.05) is 29.8 Å². The Hall–Kier alpha value is -1.03. The number of rotatable bonds is 7. The van der Waals surface area contributed by atoms with Crippen LogP contribution >= 0.6 is 22.9 Å². The molecule has 18 heavy (non-hydrogen) atoms. The van der Waals surface area contributed by atoms with Crippen molar-refractivity contribution in [1.82, 2.24) is 5.32 Å². The SMILES string of the molecule is Clc1ccccc1OCCNCCc1cccs1. The lowest BCUT2D eigenvalue weighted by molar-refractivity contribution is 0.315. The zero-order chi connectivity index (χ0) is 12.6. The van der Waals surface area contributed by atoms with Gasteiger partial charge in [0.2, 0.25) is 0 Å². The number of hydrogen-bond donors (Lipinski definition) is 1. The molecule has 0 atom stereocenters. The van der Waals surface area contributed by atoms with Crippen LogP contribution < -0.4 is 10.1 Å². The molecule has 0 radical (unpaired) electrons. The van der Waals surface area contributed by atoms with Crippen LogP contribution in [0.25, 0.3) is 0 Å². The topological polar surface area (TPSA) is 21.3 Å². The Bertz CT molecular complexity index is 459. The third-order valence-electron chi connectivity index (χ3n) is 2.50. The van der Waals surface area contributed by atoms with Crippen molar-refractivity contribution < 1.29 is 4.74 Å². The number of benzene rings is 1. The molecule has 96 valence electrons. The molecule has 0 amide bonds. The Balaban J connectivity index is 1.58. The van der Waals surface area contributed by atoms with Crippen LogP contribution in [-0.4, -0.2) is 19.7 Å². The number of hydrogen-bond acceptors (Lipinski definition) is 3. The quantitative estimate of drug-likeness (QED) is 0.783. The first kappa shape index (κ1) is 13.4. The van der Waals surface area contributed by atoms with E-state index in [1.807, 2.05) is 24.3 Å². The summed E-state index contributed by atoms with van der Waals surface area (Å²) >= 11 is 7.78. The van der Waals surface area contributed by atoms with Gasteiger partial charge in [-0.2, -0.15) is 0 Å². The molecule has 0 bridgehead atoms. The highest BCUT2D eigenvalue weighted by Gasteiger charge is 1.98. The van der Waals surface area contributed by atoms with Crippen molar-refractivity contribution in [2.24, 2.45) is 0 Å².